The number of hydrogen-bond acceptors (Lipinski definition) is 3. The second-order valence-corrected chi connectivity index (χ2v) is 4.53. The minimum Gasteiger partial charge on any atom is -0.368 e. The summed E-state index contributed by atoms with van der Waals surface area (Å²) in [6.07, 6.45) is 2.92. The van der Waals surface area contributed by atoms with Crippen LogP contribution in [-0.4, -0.2) is 37.4 Å². The van der Waals surface area contributed by atoms with Gasteiger partial charge in [-0.3, -0.25) is 9.59 Å². The number of hydrogen-bond donors (Lipinski definition) is 2. The van der Waals surface area contributed by atoms with Gasteiger partial charge in [0.05, 0.1) is 0 Å². The molecular formula is C14H18FN3O2. The summed E-state index contributed by atoms with van der Waals surface area (Å²) in [6, 6.07) is 4.50. The summed E-state index contributed by atoms with van der Waals surface area (Å²) in [5.74, 6) is -1.91. The largest absolute Gasteiger partial charge is 0.368 e. The predicted molar refractivity (Wildman–Crippen MR) is 74.2 cm³/mol. The molecule has 20 heavy (non-hydrogen) atoms. The number of benzene rings is 1. The highest BCUT2D eigenvalue weighted by atomic mass is 19.1. The Morgan fingerprint density at radius 3 is 2.60 bits per heavy atom. The van der Waals surface area contributed by atoms with Crippen LogP contribution >= 0.6 is 0 Å². The van der Waals surface area contributed by atoms with E-state index < -0.39 is 23.7 Å². The summed E-state index contributed by atoms with van der Waals surface area (Å²) < 4.78 is 13.6. The maximum Gasteiger partial charge on any atom is 0.244 e. The van der Waals surface area contributed by atoms with Crippen LogP contribution in [0, 0.1) is 5.82 Å². The van der Waals surface area contributed by atoms with Crippen LogP contribution < -0.4 is 11.1 Å². The maximum absolute atomic E-state index is 13.6. The predicted octanol–water partition coefficient (Wildman–Crippen LogP) is 0.586. The maximum atomic E-state index is 13.6. The zero-order valence-corrected chi connectivity index (χ0v) is 11.5. The van der Waals surface area contributed by atoms with E-state index in [0.29, 0.717) is 6.54 Å². The molecule has 2 amide bonds. The number of halogens is 1. The van der Waals surface area contributed by atoms with Crippen LogP contribution in [-0.2, 0) is 9.59 Å². The molecule has 6 heteroatoms. The fraction of sp³-hybridized carbons (Fsp3) is 0.286. The number of primary amides is 1. The van der Waals surface area contributed by atoms with Gasteiger partial charge in [-0.05, 0) is 20.2 Å². The van der Waals surface area contributed by atoms with Crippen molar-refractivity contribution in [2.24, 2.45) is 5.73 Å². The third kappa shape index (κ3) is 4.81. The number of amides is 2. The van der Waals surface area contributed by atoms with Crippen molar-refractivity contribution in [2.75, 3.05) is 20.6 Å². The molecule has 1 unspecified atom stereocenters. The average molecular weight is 279 g/mol. The molecular weight excluding hydrogens is 261 g/mol. The third-order valence-corrected chi connectivity index (χ3v) is 2.53. The van der Waals surface area contributed by atoms with Crippen molar-refractivity contribution in [3.63, 3.8) is 0 Å². The molecule has 0 spiro atoms. The summed E-state index contributed by atoms with van der Waals surface area (Å²) in [5.41, 5.74) is 5.26. The first-order valence-corrected chi connectivity index (χ1v) is 6.07. The minimum atomic E-state index is -1.19. The first-order valence-electron chi connectivity index (χ1n) is 6.07. The number of rotatable bonds is 6. The lowest BCUT2D eigenvalue weighted by atomic mass is 10.1. The molecule has 108 valence electrons. The van der Waals surface area contributed by atoms with Crippen molar-refractivity contribution in [2.45, 2.75) is 6.04 Å². The van der Waals surface area contributed by atoms with Gasteiger partial charge < -0.3 is 16.0 Å². The summed E-state index contributed by atoms with van der Waals surface area (Å²) in [6.45, 7) is 0.578. The number of nitrogens with one attached hydrogen (secondary N) is 1. The van der Waals surface area contributed by atoms with Gasteiger partial charge in [-0.1, -0.05) is 24.3 Å². The second-order valence-electron chi connectivity index (χ2n) is 4.53. The number of nitrogens with zero attached hydrogens (tertiary/aromatic N) is 1. The lowest BCUT2D eigenvalue weighted by Crippen LogP contribution is -2.37. The molecule has 0 heterocycles. The van der Waals surface area contributed by atoms with Gasteiger partial charge in [-0.25, -0.2) is 4.39 Å². The van der Waals surface area contributed by atoms with Crippen LogP contribution in [0.4, 0.5) is 4.39 Å². The Bertz CT molecular complexity index is 515. The zero-order valence-electron chi connectivity index (χ0n) is 11.5. The van der Waals surface area contributed by atoms with Gasteiger partial charge in [-0.15, -0.1) is 0 Å². The Morgan fingerprint density at radius 1 is 1.40 bits per heavy atom. The molecule has 5 nitrogen and oxygen atoms in total. The fourth-order valence-corrected chi connectivity index (χ4v) is 1.57. The summed E-state index contributed by atoms with van der Waals surface area (Å²) in [7, 11) is 3.71. The molecule has 0 bridgehead atoms. The normalized spacial score (nSPS) is 12.6. The minimum absolute atomic E-state index is 0.0503. The van der Waals surface area contributed by atoms with Gasteiger partial charge in [0.15, 0.2) is 0 Å². The van der Waals surface area contributed by atoms with Crippen LogP contribution in [0.1, 0.15) is 11.6 Å². The fourth-order valence-electron chi connectivity index (χ4n) is 1.57. The van der Waals surface area contributed by atoms with Gasteiger partial charge in [0, 0.05) is 18.2 Å². The van der Waals surface area contributed by atoms with Crippen LogP contribution in [0.25, 0.3) is 0 Å². The molecule has 0 aromatic heterocycles. The zero-order chi connectivity index (χ0) is 15.1. The van der Waals surface area contributed by atoms with Crippen molar-refractivity contribution in [1.82, 2.24) is 10.2 Å². The van der Waals surface area contributed by atoms with E-state index in [1.54, 1.807) is 12.1 Å². The second kappa shape index (κ2) is 7.40. The van der Waals surface area contributed by atoms with E-state index in [1.165, 1.54) is 24.3 Å². The number of carbonyl (C=O) groups excluding carboxylic acids is 2. The van der Waals surface area contributed by atoms with Crippen molar-refractivity contribution in [1.29, 1.82) is 0 Å². The molecule has 0 saturated heterocycles. The van der Waals surface area contributed by atoms with Crippen molar-refractivity contribution < 1.29 is 14.0 Å². The van der Waals surface area contributed by atoms with Crippen molar-refractivity contribution in [3.05, 3.63) is 47.8 Å². The SMILES string of the molecule is CN(C)C/C=C/C(=O)NC(C(N)=O)c1ccccc1F. The van der Waals surface area contributed by atoms with Crippen LogP contribution in [0.15, 0.2) is 36.4 Å². The van der Waals surface area contributed by atoms with E-state index in [1.807, 2.05) is 19.0 Å². The number of nitrogens with two attached hydrogens (primary N) is 1. The first kappa shape index (κ1) is 15.8. The van der Waals surface area contributed by atoms with E-state index in [4.69, 9.17) is 5.73 Å². The molecule has 3 N–H and O–H groups in total. The molecule has 1 atom stereocenters. The van der Waals surface area contributed by atoms with Crippen molar-refractivity contribution >= 4 is 11.8 Å². The summed E-state index contributed by atoms with van der Waals surface area (Å²) in [4.78, 5) is 24.9. The molecule has 1 aromatic carbocycles. The lowest BCUT2D eigenvalue weighted by molar-refractivity contribution is -0.125. The summed E-state index contributed by atoms with van der Waals surface area (Å²) in [5, 5.41) is 2.39. The van der Waals surface area contributed by atoms with Crippen molar-refractivity contribution in [3.8, 4) is 0 Å². The van der Waals surface area contributed by atoms with E-state index in [2.05, 4.69) is 5.32 Å². The van der Waals surface area contributed by atoms with Crippen LogP contribution in [0.2, 0.25) is 0 Å². The smallest absolute Gasteiger partial charge is 0.244 e. The molecule has 0 aliphatic carbocycles. The standard InChI is InChI=1S/C14H18FN3O2/c1-18(2)9-5-8-12(19)17-13(14(16)20)10-6-3-4-7-11(10)15/h3-8,13H,9H2,1-2H3,(H2,16,20)(H,17,19)/b8-5+. The highest BCUT2D eigenvalue weighted by Gasteiger charge is 2.22. The topological polar surface area (TPSA) is 75.4 Å². The van der Waals surface area contributed by atoms with Crippen LogP contribution in [0.5, 0.6) is 0 Å². The Morgan fingerprint density at radius 2 is 2.05 bits per heavy atom. The van der Waals surface area contributed by atoms with Gasteiger partial charge in [0.25, 0.3) is 0 Å². The quantitative estimate of drug-likeness (QED) is 0.748. The van der Waals surface area contributed by atoms with E-state index in [0.717, 1.165) is 0 Å². The Kier molecular flexibility index (Phi) is 5.86. The molecule has 1 aromatic rings. The Hall–Kier alpha value is -2.21. The van der Waals surface area contributed by atoms with Gasteiger partial charge >= 0.3 is 0 Å². The van der Waals surface area contributed by atoms with Crippen LogP contribution in [0.3, 0.4) is 0 Å². The van der Waals surface area contributed by atoms with E-state index in [9.17, 15) is 14.0 Å². The molecule has 0 aliphatic heterocycles. The molecule has 0 saturated carbocycles. The first-order chi connectivity index (χ1) is 9.41. The highest BCUT2D eigenvalue weighted by Crippen LogP contribution is 2.16. The lowest BCUT2D eigenvalue weighted by Gasteiger charge is -2.15. The molecule has 0 radical (unpaired) electrons. The Labute approximate surface area is 117 Å². The average Bonchev–Trinajstić information content (AvgIpc) is 2.36. The van der Waals surface area contributed by atoms with Gasteiger partial charge in [0.1, 0.15) is 11.9 Å². The number of likely N-dealkylation sites (N-methyl/N-ethyl adjacent to an activating group) is 1. The molecule has 0 aliphatic rings. The monoisotopic (exact) mass is 279 g/mol. The molecule has 1 rings (SSSR count). The van der Waals surface area contributed by atoms with E-state index in [-0.39, 0.29) is 5.56 Å². The molecule has 0 fully saturated rings. The highest BCUT2D eigenvalue weighted by molar-refractivity contribution is 5.92. The number of carbonyl (C=O) groups is 2. The van der Waals surface area contributed by atoms with E-state index >= 15 is 0 Å². The summed E-state index contributed by atoms with van der Waals surface area (Å²) >= 11 is 0. The third-order valence-electron chi connectivity index (χ3n) is 2.53. The van der Waals surface area contributed by atoms with Gasteiger partial charge in [-0.2, -0.15) is 0 Å². The Balaban J connectivity index is 2.79. The van der Waals surface area contributed by atoms with Gasteiger partial charge in [0.2, 0.25) is 11.8 Å².